The van der Waals surface area contributed by atoms with E-state index in [1.165, 1.54) is 58.5 Å². The third-order valence-corrected chi connectivity index (χ3v) is 11.0. The Morgan fingerprint density at radius 3 is 2.40 bits per heavy atom. The van der Waals surface area contributed by atoms with Gasteiger partial charge >= 0.3 is 5.97 Å². The summed E-state index contributed by atoms with van der Waals surface area (Å²) >= 11 is 0. The smallest absolute Gasteiger partial charge is 0.305 e. The molecule has 0 spiro atoms. The first-order valence-corrected chi connectivity index (χ1v) is 12.8. The summed E-state index contributed by atoms with van der Waals surface area (Å²) in [5.74, 6) is 5.40. The van der Waals surface area contributed by atoms with Crippen molar-refractivity contribution >= 4 is 5.97 Å². The van der Waals surface area contributed by atoms with Gasteiger partial charge in [-0.05, 0) is 104 Å². The molecule has 4 aliphatic carbocycles. The second kappa shape index (κ2) is 8.41. The Bertz CT molecular complexity index is 632. The highest BCUT2D eigenvalue weighted by Gasteiger charge is 2.63. The lowest BCUT2D eigenvalue weighted by atomic mass is 9.43. The molecule has 4 saturated carbocycles. The lowest BCUT2D eigenvalue weighted by Crippen LogP contribution is -2.58. The van der Waals surface area contributed by atoms with E-state index in [-0.39, 0.29) is 5.97 Å². The van der Waals surface area contributed by atoms with Crippen molar-refractivity contribution in [1.82, 2.24) is 0 Å². The van der Waals surface area contributed by atoms with Crippen molar-refractivity contribution in [3.63, 3.8) is 0 Å². The predicted molar refractivity (Wildman–Crippen MR) is 121 cm³/mol. The maximum absolute atomic E-state index is 11.7. The van der Waals surface area contributed by atoms with Crippen LogP contribution in [0, 0.1) is 52.3 Å². The van der Waals surface area contributed by atoms with Crippen LogP contribution in [0.25, 0.3) is 0 Å². The fraction of sp³-hybridized carbons (Fsp3) is 0.963. The second-order valence-corrected chi connectivity index (χ2v) is 12.2. The lowest BCUT2D eigenvalue weighted by Gasteiger charge is -2.63. The van der Waals surface area contributed by atoms with Crippen LogP contribution in [0.2, 0.25) is 0 Å². The van der Waals surface area contributed by atoms with Crippen LogP contribution in [0.15, 0.2) is 0 Å². The van der Waals surface area contributed by atoms with Crippen molar-refractivity contribution in [1.29, 1.82) is 0 Å². The van der Waals surface area contributed by atoms with E-state index in [0.717, 1.165) is 41.9 Å². The van der Waals surface area contributed by atoms with E-state index in [4.69, 9.17) is 9.47 Å². The van der Waals surface area contributed by atoms with E-state index >= 15 is 0 Å². The fourth-order valence-corrected chi connectivity index (χ4v) is 9.29. The van der Waals surface area contributed by atoms with Gasteiger partial charge in [-0.2, -0.15) is 0 Å². The van der Waals surface area contributed by atoms with Gasteiger partial charge in [0, 0.05) is 13.5 Å². The van der Waals surface area contributed by atoms with Gasteiger partial charge in [0.1, 0.15) is 0 Å². The average molecular weight is 419 g/mol. The van der Waals surface area contributed by atoms with Crippen LogP contribution in [0.1, 0.15) is 91.9 Å². The summed E-state index contributed by atoms with van der Waals surface area (Å²) in [6.45, 7) is 10.1. The molecule has 172 valence electrons. The number of hydrogen-bond acceptors (Lipinski definition) is 3. The molecule has 4 aliphatic rings. The molecule has 30 heavy (non-hydrogen) atoms. The van der Waals surface area contributed by atoms with Crippen molar-refractivity contribution in [2.24, 2.45) is 52.3 Å². The van der Waals surface area contributed by atoms with Gasteiger partial charge in [0.05, 0.1) is 13.2 Å². The largest absolute Gasteiger partial charge is 0.469 e. The molecule has 0 saturated heterocycles. The van der Waals surface area contributed by atoms with Gasteiger partial charge in [-0.15, -0.1) is 0 Å². The predicted octanol–water partition coefficient (Wildman–Crippen LogP) is 6.50. The normalized spacial score (nSPS) is 48.9. The van der Waals surface area contributed by atoms with Crippen LogP contribution in [-0.2, 0) is 14.3 Å². The molecule has 0 aromatic carbocycles. The van der Waals surface area contributed by atoms with E-state index in [1.807, 2.05) is 7.11 Å². The molecule has 0 aliphatic heterocycles. The number of carbonyl (C=O) groups excluding carboxylic acids is 1. The molecule has 0 aromatic rings. The van der Waals surface area contributed by atoms with Crippen LogP contribution >= 0.6 is 0 Å². The van der Waals surface area contributed by atoms with Gasteiger partial charge in [-0.3, -0.25) is 4.79 Å². The minimum absolute atomic E-state index is 0.0533. The first-order valence-electron chi connectivity index (χ1n) is 12.8. The molecule has 4 fully saturated rings. The Kier molecular flexibility index (Phi) is 6.34. The molecular weight excluding hydrogens is 372 g/mol. The highest BCUT2D eigenvalue weighted by atomic mass is 16.5. The lowest BCUT2D eigenvalue weighted by molar-refractivity contribution is -0.176. The topological polar surface area (TPSA) is 35.5 Å². The van der Waals surface area contributed by atoms with Gasteiger partial charge < -0.3 is 9.47 Å². The molecule has 0 aromatic heterocycles. The Labute approximate surface area is 185 Å². The Hall–Kier alpha value is -0.570. The zero-order valence-electron chi connectivity index (χ0n) is 20.4. The first-order chi connectivity index (χ1) is 14.2. The van der Waals surface area contributed by atoms with Gasteiger partial charge in [-0.25, -0.2) is 0 Å². The Balaban J connectivity index is 1.55. The van der Waals surface area contributed by atoms with E-state index in [2.05, 4.69) is 27.7 Å². The van der Waals surface area contributed by atoms with E-state index < -0.39 is 0 Å². The standard InChI is InChI=1S/C27H46O3/c1-17-11-13-26(3)19(15-17)16-23(29-5)25-21-9-8-20(18(2)7-10-24(28)30-6)27(21,4)14-12-22(25)26/h17-23,25H,7-16H2,1-6H3/t17-,18-,19+,20-,21+,22+,23-,25+,26+,27-/m1/s1. The molecule has 4 rings (SSSR count). The molecule has 0 N–H and O–H groups in total. The van der Waals surface area contributed by atoms with Crippen molar-refractivity contribution in [3.8, 4) is 0 Å². The molecule has 0 amide bonds. The summed E-state index contributed by atoms with van der Waals surface area (Å²) in [4.78, 5) is 11.7. The Morgan fingerprint density at radius 1 is 1.00 bits per heavy atom. The van der Waals surface area contributed by atoms with E-state index in [0.29, 0.717) is 29.3 Å². The summed E-state index contributed by atoms with van der Waals surface area (Å²) in [5.41, 5.74) is 0.945. The van der Waals surface area contributed by atoms with Crippen LogP contribution < -0.4 is 0 Å². The highest BCUT2D eigenvalue weighted by molar-refractivity contribution is 5.69. The maximum atomic E-state index is 11.7. The number of esters is 1. The number of ether oxygens (including phenoxy) is 2. The zero-order valence-corrected chi connectivity index (χ0v) is 20.4. The molecule has 3 heteroatoms. The van der Waals surface area contributed by atoms with Crippen molar-refractivity contribution in [3.05, 3.63) is 0 Å². The molecule has 0 radical (unpaired) electrons. The summed E-state index contributed by atoms with van der Waals surface area (Å²) in [5, 5.41) is 0. The average Bonchev–Trinajstić information content (AvgIpc) is 3.09. The molecule has 10 atom stereocenters. The summed E-state index contributed by atoms with van der Waals surface area (Å²) in [6.07, 6.45) is 13.0. The Morgan fingerprint density at radius 2 is 1.70 bits per heavy atom. The summed E-state index contributed by atoms with van der Waals surface area (Å²) < 4.78 is 11.2. The quantitative estimate of drug-likeness (QED) is 0.478. The van der Waals surface area contributed by atoms with E-state index in [9.17, 15) is 4.79 Å². The third-order valence-electron chi connectivity index (χ3n) is 11.0. The first kappa shape index (κ1) is 22.6. The molecular formula is C27H46O3. The molecule has 3 nitrogen and oxygen atoms in total. The monoisotopic (exact) mass is 418 g/mol. The SMILES string of the molecule is COC(=O)CC[C@@H](C)[C@H]1CC[C@H]2[C@@H]3[C@H](OC)C[C@@H]4C[C@H](C)CC[C@]4(C)[C@H]3CC[C@]12C. The maximum Gasteiger partial charge on any atom is 0.305 e. The second-order valence-electron chi connectivity index (χ2n) is 12.2. The van der Waals surface area contributed by atoms with Gasteiger partial charge in [0.2, 0.25) is 0 Å². The van der Waals surface area contributed by atoms with Crippen molar-refractivity contribution < 1.29 is 14.3 Å². The zero-order chi connectivity index (χ0) is 21.7. The number of hydrogen-bond donors (Lipinski definition) is 0. The fourth-order valence-electron chi connectivity index (χ4n) is 9.29. The number of rotatable bonds is 5. The molecule has 0 bridgehead atoms. The van der Waals surface area contributed by atoms with Crippen molar-refractivity contribution in [2.45, 2.75) is 98.0 Å². The van der Waals surface area contributed by atoms with Crippen LogP contribution in [0.4, 0.5) is 0 Å². The van der Waals surface area contributed by atoms with Gasteiger partial charge in [0.25, 0.3) is 0 Å². The minimum atomic E-state index is -0.0533. The number of fused-ring (bicyclic) bond motifs is 5. The van der Waals surface area contributed by atoms with Crippen molar-refractivity contribution in [2.75, 3.05) is 14.2 Å². The highest BCUT2D eigenvalue weighted by Crippen LogP contribution is 2.69. The van der Waals surface area contributed by atoms with Crippen LogP contribution in [-0.4, -0.2) is 26.3 Å². The minimum Gasteiger partial charge on any atom is -0.469 e. The third kappa shape index (κ3) is 3.55. The van der Waals surface area contributed by atoms with Gasteiger partial charge in [-0.1, -0.05) is 34.1 Å². The summed E-state index contributed by atoms with van der Waals surface area (Å²) in [6, 6.07) is 0. The number of methoxy groups -OCH3 is 2. The van der Waals surface area contributed by atoms with Gasteiger partial charge in [0.15, 0.2) is 0 Å². The van der Waals surface area contributed by atoms with E-state index in [1.54, 1.807) is 0 Å². The summed E-state index contributed by atoms with van der Waals surface area (Å²) in [7, 11) is 3.49. The number of carbonyl (C=O) groups is 1. The van der Waals surface area contributed by atoms with Crippen LogP contribution in [0.3, 0.4) is 0 Å². The van der Waals surface area contributed by atoms with Crippen LogP contribution in [0.5, 0.6) is 0 Å². The molecule has 0 unspecified atom stereocenters. The molecule has 0 heterocycles.